The van der Waals surface area contributed by atoms with Crippen molar-refractivity contribution < 1.29 is 4.79 Å². The second-order valence-corrected chi connectivity index (χ2v) is 6.70. The first-order chi connectivity index (χ1) is 12.1. The average Bonchev–Trinajstić information content (AvgIpc) is 3.00. The molecule has 0 bridgehead atoms. The number of halogens is 2. The molecule has 3 N–H and O–H groups in total. The lowest BCUT2D eigenvalue weighted by molar-refractivity contribution is -0.123. The topological polar surface area (TPSA) is 65.5 Å². The minimum absolute atomic E-state index is 0.0546. The van der Waals surface area contributed by atoms with Crippen molar-refractivity contribution >= 4 is 35.3 Å². The number of hydrogen-bond donors (Lipinski definition) is 3. The van der Waals surface area contributed by atoms with Crippen molar-refractivity contribution in [1.29, 1.82) is 0 Å². The van der Waals surface area contributed by atoms with Crippen molar-refractivity contribution in [1.82, 2.24) is 16.3 Å². The fraction of sp³-hybridized carbons (Fsp3) is 0.222. The molecule has 1 fully saturated rings. The van der Waals surface area contributed by atoms with Gasteiger partial charge in [0, 0.05) is 11.5 Å². The number of hydrazone groups is 1. The molecule has 0 aromatic heterocycles. The minimum Gasteiger partial charge on any atom is -0.271 e. The summed E-state index contributed by atoms with van der Waals surface area (Å²) in [6.07, 6.45) is 1.45. The van der Waals surface area contributed by atoms with E-state index in [2.05, 4.69) is 21.4 Å². The fourth-order valence-corrected chi connectivity index (χ4v) is 3.35. The Balaban J connectivity index is 1.63. The molecule has 3 unspecified atom stereocenters. The van der Waals surface area contributed by atoms with Crippen LogP contribution in [0.15, 0.2) is 53.6 Å². The molecule has 25 heavy (non-hydrogen) atoms. The van der Waals surface area contributed by atoms with Gasteiger partial charge in [-0.25, -0.2) is 16.3 Å². The van der Waals surface area contributed by atoms with Crippen molar-refractivity contribution in [3.63, 3.8) is 0 Å². The molecule has 0 spiro atoms. The van der Waals surface area contributed by atoms with Gasteiger partial charge in [0.1, 0.15) is 6.04 Å². The highest BCUT2D eigenvalue weighted by Gasteiger charge is 2.37. The molecule has 0 aliphatic carbocycles. The molecule has 1 amide bonds. The van der Waals surface area contributed by atoms with Crippen molar-refractivity contribution in [2.45, 2.75) is 19.0 Å². The summed E-state index contributed by atoms with van der Waals surface area (Å²) in [6.45, 7) is 2.02. The largest absolute Gasteiger partial charge is 0.271 e. The third kappa shape index (κ3) is 4.02. The van der Waals surface area contributed by atoms with E-state index in [9.17, 15) is 4.79 Å². The van der Waals surface area contributed by atoms with Crippen LogP contribution < -0.4 is 16.3 Å². The number of hydrogen-bond acceptors (Lipinski definition) is 4. The quantitative estimate of drug-likeness (QED) is 0.566. The van der Waals surface area contributed by atoms with E-state index in [1.165, 1.54) is 6.21 Å². The average molecular weight is 377 g/mol. The Morgan fingerprint density at radius 3 is 2.44 bits per heavy atom. The number of nitrogens with zero attached hydrogens (tertiary/aromatic N) is 1. The molecule has 130 valence electrons. The van der Waals surface area contributed by atoms with E-state index in [1.807, 2.05) is 37.3 Å². The van der Waals surface area contributed by atoms with Gasteiger partial charge in [0.15, 0.2) is 0 Å². The predicted octanol–water partition coefficient (Wildman–Crippen LogP) is 3.30. The lowest BCUT2D eigenvalue weighted by Gasteiger charge is -2.17. The molecule has 1 heterocycles. The van der Waals surface area contributed by atoms with Gasteiger partial charge < -0.3 is 0 Å². The van der Waals surface area contributed by atoms with Crippen LogP contribution in [0.25, 0.3) is 0 Å². The summed E-state index contributed by atoms with van der Waals surface area (Å²) in [5.74, 6) is -0.167. The molecule has 2 aromatic carbocycles. The SMILES string of the molecule is CC1C(C(=O)N/N=C/c2c(Cl)cccc2Cl)NNC1c1ccccc1. The maximum Gasteiger partial charge on any atom is 0.258 e. The summed E-state index contributed by atoms with van der Waals surface area (Å²) in [5, 5.41) is 4.93. The highest BCUT2D eigenvalue weighted by atomic mass is 35.5. The van der Waals surface area contributed by atoms with E-state index in [0.29, 0.717) is 15.6 Å². The molecular formula is C18H18Cl2N4O. The van der Waals surface area contributed by atoms with Crippen molar-refractivity contribution in [2.24, 2.45) is 11.0 Å². The monoisotopic (exact) mass is 376 g/mol. The standard InChI is InChI=1S/C18H18Cl2N4O/c1-11-16(12-6-3-2-4-7-12)22-23-17(11)18(25)24-21-10-13-14(19)8-5-9-15(13)20/h2-11,16-17,22-23H,1H3,(H,24,25)/b21-10+. The molecule has 2 aromatic rings. The molecule has 1 saturated heterocycles. The smallest absolute Gasteiger partial charge is 0.258 e. The maximum atomic E-state index is 12.4. The van der Waals surface area contributed by atoms with E-state index in [0.717, 1.165) is 5.56 Å². The van der Waals surface area contributed by atoms with Crippen LogP contribution in [0.2, 0.25) is 10.0 Å². The number of carbonyl (C=O) groups is 1. The Hall–Kier alpha value is -1.92. The van der Waals surface area contributed by atoms with Gasteiger partial charge >= 0.3 is 0 Å². The number of hydrazine groups is 1. The van der Waals surface area contributed by atoms with E-state index in [4.69, 9.17) is 23.2 Å². The van der Waals surface area contributed by atoms with Crippen molar-refractivity contribution in [3.05, 3.63) is 69.7 Å². The third-order valence-electron chi connectivity index (χ3n) is 4.26. The molecule has 0 radical (unpaired) electrons. The number of rotatable bonds is 4. The Morgan fingerprint density at radius 2 is 1.76 bits per heavy atom. The van der Waals surface area contributed by atoms with Gasteiger partial charge in [0.2, 0.25) is 0 Å². The number of amides is 1. The van der Waals surface area contributed by atoms with Crippen molar-refractivity contribution in [3.8, 4) is 0 Å². The van der Waals surface area contributed by atoms with Gasteiger partial charge in [-0.2, -0.15) is 5.10 Å². The fourth-order valence-electron chi connectivity index (χ4n) is 2.85. The zero-order valence-corrected chi connectivity index (χ0v) is 15.1. The lowest BCUT2D eigenvalue weighted by atomic mass is 9.91. The highest BCUT2D eigenvalue weighted by molar-refractivity contribution is 6.38. The molecule has 7 heteroatoms. The Bertz CT molecular complexity index is 762. The summed E-state index contributed by atoms with van der Waals surface area (Å²) in [6, 6.07) is 14.8. The second kappa shape index (κ2) is 7.97. The van der Waals surface area contributed by atoms with Crippen LogP contribution in [0.3, 0.4) is 0 Å². The van der Waals surface area contributed by atoms with Crippen LogP contribution in [0.1, 0.15) is 24.1 Å². The first-order valence-corrected chi connectivity index (χ1v) is 8.66. The summed E-state index contributed by atoms with van der Waals surface area (Å²) in [5.41, 5.74) is 10.5. The summed E-state index contributed by atoms with van der Waals surface area (Å²) in [7, 11) is 0. The highest BCUT2D eigenvalue weighted by Crippen LogP contribution is 2.28. The van der Waals surface area contributed by atoms with E-state index in [1.54, 1.807) is 18.2 Å². The molecule has 3 rings (SSSR count). The van der Waals surface area contributed by atoms with E-state index >= 15 is 0 Å². The van der Waals surface area contributed by atoms with Gasteiger partial charge in [-0.05, 0) is 17.7 Å². The first kappa shape index (κ1) is 17.9. The van der Waals surface area contributed by atoms with Crippen LogP contribution in [-0.2, 0) is 4.79 Å². The normalized spacial score (nSPS) is 23.1. The van der Waals surface area contributed by atoms with Gasteiger partial charge in [-0.15, -0.1) is 0 Å². The summed E-state index contributed by atoms with van der Waals surface area (Å²) in [4.78, 5) is 12.4. The van der Waals surface area contributed by atoms with E-state index in [-0.39, 0.29) is 17.9 Å². The van der Waals surface area contributed by atoms with Gasteiger partial charge in [0.25, 0.3) is 5.91 Å². The Kier molecular flexibility index (Phi) is 5.71. The number of benzene rings is 2. The van der Waals surface area contributed by atoms with Crippen LogP contribution in [-0.4, -0.2) is 18.2 Å². The molecular weight excluding hydrogens is 359 g/mol. The van der Waals surface area contributed by atoms with Crippen molar-refractivity contribution in [2.75, 3.05) is 0 Å². The Morgan fingerprint density at radius 1 is 1.08 bits per heavy atom. The Labute approximate surface area is 156 Å². The summed E-state index contributed by atoms with van der Waals surface area (Å²) >= 11 is 12.1. The van der Waals surface area contributed by atoms with Crippen LogP contribution >= 0.6 is 23.2 Å². The third-order valence-corrected chi connectivity index (χ3v) is 4.91. The summed E-state index contributed by atoms with van der Waals surface area (Å²) < 4.78 is 0. The predicted molar refractivity (Wildman–Crippen MR) is 101 cm³/mol. The zero-order chi connectivity index (χ0) is 17.8. The lowest BCUT2D eigenvalue weighted by Crippen LogP contribution is -2.43. The zero-order valence-electron chi connectivity index (χ0n) is 13.5. The van der Waals surface area contributed by atoms with Gasteiger partial charge in [0.05, 0.1) is 22.3 Å². The maximum absolute atomic E-state index is 12.4. The van der Waals surface area contributed by atoms with Gasteiger partial charge in [-0.3, -0.25) is 4.79 Å². The van der Waals surface area contributed by atoms with Gasteiger partial charge in [-0.1, -0.05) is 66.5 Å². The van der Waals surface area contributed by atoms with Crippen LogP contribution in [0.5, 0.6) is 0 Å². The van der Waals surface area contributed by atoms with E-state index < -0.39 is 6.04 Å². The molecule has 1 aliphatic heterocycles. The number of nitrogens with one attached hydrogen (secondary N) is 3. The molecule has 0 saturated carbocycles. The second-order valence-electron chi connectivity index (χ2n) is 5.88. The first-order valence-electron chi connectivity index (χ1n) is 7.91. The molecule has 3 atom stereocenters. The van der Waals surface area contributed by atoms with Crippen LogP contribution in [0.4, 0.5) is 0 Å². The number of carbonyl (C=O) groups excluding carboxylic acids is 1. The van der Waals surface area contributed by atoms with Crippen LogP contribution in [0, 0.1) is 5.92 Å². The molecule has 1 aliphatic rings. The molecule has 5 nitrogen and oxygen atoms in total. The minimum atomic E-state index is -0.399.